The summed E-state index contributed by atoms with van der Waals surface area (Å²) in [7, 11) is 1.66. The van der Waals surface area contributed by atoms with Crippen LogP contribution in [0.1, 0.15) is 31.9 Å². The van der Waals surface area contributed by atoms with Crippen LogP contribution >= 0.6 is 0 Å². The van der Waals surface area contributed by atoms with Gasteiger partial charge in [0.15, 0.2) is 0 Å². The fraction of sp³-hybridized carbons (Fsp3) is 0.667. The van der Waals surface area contributed by atoms with E-state index in [1.54, 1.807) is 13.4 Å². The van der Waals surface area contributed by atoms with Crippen LogP contribution in [0, 0.1) is 11.8 Å². The lowest BCUT2D eigenvalue weighted by Gasteiger charge is -2.21. The lowest BCUT2D eigenvalue weighted by Crippen LogP contribution is -2.34. The average molecular weight is 265 g/mol. The standard InChI is InChI=1S/C15H23NO3/c1-3-5-12-10-14(12)15(17)16(7-9-18-2)11-13-6-4-8-19-13/h4,6,8,12,14H,3,5,7,9-11H2,1-2H3/t12-,14-/m1/s1. The summed E-state index contributed by atoms with van der Waals surface area (Å²) in [6, 6.07) is 3.76. The number of hydrogen-bond acceptors (Lipinski definition) is 3. The molecule has 0 bridgehead atoms. The monoisotopic (exact) mass is 265 g/mol. The Labute approximate surface area is 114 Å². The molecule has 4 heteroatoms. The molecule has 1 amide bonds. The second-order valence-electron chi connectivity index (χ2n) is 5.22. The van der Waals surface area contributed by atoms with Crippen molar-refractivity contribution in [1.29, 1.82) is 0 Å². The maximum atomic E-state index is 12.5. The van der Waals surface area contributed by atoms with Gasteiger partial charge in [0.05, 0.1) is 19.4 Å². The third kappa shape index (κ3) is 3.83. The lowest BCUT2D eigenvalue weighted by molar-refractivity contribution is -0.134. The van der Waals surface area contributed by atoms with E-state index in [0.29, 0.717) is 25.6 Å². The molecule has 1 heterocycles. The first kappa shape index (κ1) is 14.1. The molecule has 2 rings (SSSR count). The summed E-state index contributed by atoms with van der Waals surface area (Å²) in [5.41, 5.74) is 0. The van der Waals surface area contributed by atoms with Crippen molar-refractivity contribution in [3.63, 3.8) is 0 Å². The van der Waals surface area contributed by atoms with Crippen molar-refractivity contribution in [2.24, 2.45) is 11.8 Å². The first-order valence-electron chi connectivity index (χ1n) is 7.06. The number of nitrogens with zero attached hydrogens (tertiary/aromatic N) is 1. The number of methoxy groups -OCH3 is 1. The fourth-order valence-electron chi connectivity index (χ4n) is 2.53. The van der Waals surface area contributed by atoms with Crippen LogP contribution in [0.5, 0.6) is 0 Å². The molecular weight excluding hydrogens is 242 g/mol. The molecule has 19 heavy (non-hydrogen) atoms. The summed E-state index contributed by atoms with van der Waals surface area (Å²) < 4.78 is 10.4. The van der Waals surface area contributed by atoms with E-state index in [9.17, 15) is 4.79 Å². The van der Waals surface area contributed by atoms with E-state index in [4.69, 9.17) is 9.15 Å². The smallest absolute Gasteiger partial charge is 0.226 e. The minimum Gasteiger partial charge on any atom is -0.467 e. The summed E-state index contributed by atoms with van der Waals surface area (Å²) in [4.78, 5) is 14.3. The van der Waals surface area contributed by atoms with Crippen molar-refractivity contribution in [3.8, 4) is 0 Å². The Balaban J connectivity index is 1.91. The molecule has 106 valence electrons. The van der Waals surface area contributed by atoms with Crippen LogP contribution in [0.3, 0.4) is 0 Å². The van der Waals surface area contributed by atoms with E-state index in [-0.39, 0.29) is 11.8 Å². The normalized spacial score (nSPS) is 21.4. The van der Waals surface area contributed by atoms with Gasteiger partial charge in [-0.05, 0) is 30.9 Å². The van der Waals surface area contributed by atoms with Gasteiger partial charge in [0.25, 0.3) is 0 Å². The lowest BCUT2D eigenvalue weighted by atomic mass is 10.2. The highest BCUT2D eigenvalue weighted by molar-refractivity contribution is 5.81. The summed E-state index contributed by atoms with van der Waals surface area (Å²) >= 11 is 0. The third-order valence-corrected chi connectivity index (χ3v) is 3.70. The van der Waals surface area contributed by atoms with E-state index in [2.05, 4.69) is 6.92 Å². The molecule has 0 saturated heterocycles. The van der Waals surface area contributed by atoms with Crippen molar-refractivity contribution >= 4 is 5.91 Å². The molecule has 0 aromatic carbocycles. The number of amides is 1. The molecule has 1 aromatic rings. The molecule has 0 spiro atoms. The largest absolute Gasteiger partial charge is 0.467 e. The molecule has 2 atom stereocenters. The Bertz CT molecular complexity index is 388. The Kier molecular flexibility index (Phi) is 5.02. The molecule has 0 unspecified atom stereocenters. The molecule has 1 aromatic heterocycles. The molecular formula is C15H23NO3. The van der Waals surface area contributed by atoms with Gasteiger partial charge < -0.3 is 14.1 Å². The van der Waals surface area contributed by atoms with Crippen molar-refractivity contribution in [2.45, 2.75) is 32.7 Å². The highest BCUT2D eigenvalue weighted by Gasteiger charge is 2.43. The molecule has 1 aliphatic carbocycles. The average Bonchev–Trinajstić information content (AvgIpc) is 2.98. The zero-order valence-corrected chi connectivity index (χ0v) is 11.8. The van der Waals surface area contributed by atoms with Gasteiger partial charge in [-0.1, -0.05) is 13.3 Å². The minimum atomic E-state index is 0.228. The van der Waals surface area contributed by atoms with Gasteiger partial charge in [0.2, 0.25) is 5.91 Å². The highest BCUT2D eigenvalue weighted by Crippen LogP contribution is 2.43. The van der Waals surface area contributed by atoms with Gasteiger partial charge in [-0.15, -0.1) is 0 Å². The van der Waals surface area contributed by atoms with Crippen molar-refractivity contribution in [1.82, 2.24) is 4.90 Å². The summed E-state index contributed by atoms with van der Waals surface area (Å²) in [5, 5.41) is 0. The predicted octanol–water partition coefficient (Wildman–Crippen LogP) is 2.69. The van der Waals surface area contributed by atoms with E-state index in [1.807, 2.05) is 17.0 Å². The van der Waals surface area contributed by atoms with E-state index < -0.39 is 0 Å². The molecule has 0 N–H and O–H groups in total. The number of carbonyl (C=O) groups excluding carboxylic acids is 1. The van der Waals surface area contributed by atoms with Gasteiger partial charge in [-0.25, -0.2) is 0 Å². The van der Waals surface area contributed by atoms with Gasteiger partial charge in [0, 0.05) is 19.6 Å². The van der Waals surface area contributed by atoms with Crippen LogP contribution in [-0.4, -0.2) is 31.1 Å². The first-order chi connectivity index (χ1) is 9.26. The number of furan rings is 1. The second kappa shape index (κ2) is 6.75. The molecule has 1 aliphatic rings. The Hall–Kier alpha value is -1.29. The Morgan fingerprint density at radius 1 is 1.58 bits per heavy atom. The molecule has 0 aliphatic heterocycles. The van der Waals surface area contributed by atoms with Gasteiger partial charge >= 0.3 is 0 Å². The van der Waals surface area contributed by atoms with Crippen molar-refractivity contribution in [2.75, 3.05) is 20.3 Å². The van der Waals surface area contributed by atoms with E-state index in [1.165, 1.54) is 0 Å². The fourth-order valence-corrected chi connectivity index (χ4v) is 2.53. The van der Waals surface area contributed by atoms with Crippen LogP contribution in [0.25, 0.3) is 0 Å². The first-order valence-corrected chi connectivity index (χ1v) is 7.06. The zero-order chi connectivity index (χ0) is 13.7. The summed E-state index contributed by atoms with van der Waals surface area (Å²) in [6.07, 6.45) is 5.01. The van der Waals surface area contributed by atoms with Crippen LogP contribution in [0.15, 0.2) is 22.8 Å². The van der Waals surface area contributed by atoms with Crippen LogP contribution in [0.4, 0.5) is 0 Å². The molecule has 1 saturated carbocycles. The van der Waals surface area contributed by atoms with Gasteiger partial charge in [-0.3, -0.25) is 4.79 Å². The number of hydrogen-bond donors (Lipinski definition) is 0. The predicted molar refractivity (Wildman–Crippen MR) is 72.5 cm³/mol. The van der Waals surface area contributed by atoms with Crippen LogP contribution in [-0.2, 0) is 16.1 Å². The maximum Gasteiger partial charge on any atom is 0.226 e. The molecule has 4 nitrogen and oxygen atoms in total. The Morgan fingerprint density at radius 2 is 2.42 bits per heavy atom. The van der Waals surface area contributed by atoms with E-state index >= 15 is 0 Å². The van der Waals surface area contributed by atoms with Crippen molar-refractivity contribution in [3.05, 3.63) is 24.2 Å². The highest BCUT2D eigenvalue weighted by atomic mass is 16.5. The third-order valence-electron chi connectivity index (χ3n) is 3.70. The maximum absolute atomic E-state index is 12.5. The van der Waals surface area contributed by atoms with Crippen LogP contribution < -0.4 is 0 Å². The number of carbonyl (C=O) groups is 1. The Morgan fingerprint density at radius 3 is 3.05 bits per heavy atom. The van der Waals surface area contributed by atoms with Crippen molar-refractivity contribution < 1.29 is 13.9 Å². The van der Waals surface area contributed by atoms with Gasteiger partial charge in [0.1, 0.15) is 5.76 Å². The zero-order valence-electron chi connectivity index (χ0n) is 11.8. The molecule has 0 radical (unpaired) electrons. The second-order valence-corrected chi connectivity index (χ2v) is 5.22. The topological polar surface area (TPSA) is 42.7 Å². The SMILES string of the molecule is CCC[C@@H]1C[C@H]1C(=O)N(CCOC)Cc1ccco1. The summed E-state index contributed by atoms with van der Waals surface area (Å²) in [5.74, 6) is 1.91. The quantitative estimate of drug-likeness (QED) is 0.725. The minimum absolute atomic E-state index is 0.228. The number of rotatable bonds is 8. The van der Waals surface area contributed by atoms with Gasteiger partial charge in [-0.2, -0.15) is 0 Å². The van der Waals surface area contributed by atoms with E-state index in [0.717, 1.165) is 25.0 Å². The number of ether oxygens (including phenoxy) is 1. The molecule has 1 fully saturated rings. The van der Waals surface area contributed by atoms with Crippen LogP contribution in [0.2, 0.25) is 0 Å². The summed E-state index contributed by atoms with van der Waals surface area (Å²) in [6.45, 7) is 3.92.